The number of hydrogen-bond acceptors (Lipinski definition) is 4. The Balaban J connectivity index is 2.90. The van der Waals surface area contributed by atoms with Crippen LogP contribution in [0.15, 0.2) is 18.2 Å². The van der Waals surface area contributed by atoms with Gasteiger partial charge in [-0.1, -0.05) is 0 Å². The highest BCUT2D eigenvalue weighted by molar-refractivity contribution is 5.75. The summed E-state index contributed by atoms with van der Waals surface area (Å²) in [5, 5.41) is 19.9. The Morgan fingerprint density at radius 3 is 2.73 bits per heavy atom. The maximum atomic E-state index is 10.7. The normalized spacial score (nSPS) is 9.93. The van der Waals surface area contributed by atoms with Gasteiger partial charge in [-0.15, -0.1) is 0 Å². The number of hydrogen-bond donors (Lipinski definition) is 1. The molecule has 0 amide bonds. The van der Waals surface area contributed by atoms with Gasteiger partial charge >= 0.3 is 0 Å². The maximum absolute atomic E-state index is 10.7. The largest absolute Gasteiger partial charge is 0.508 e. The number of nitrogens with zero attached hydrogens (tertiary/aromatic N) is 1. The standard InChI is InChI=1S/C10H11NO4/c1-7(12)2-3-8-6-9(11(14)15)4-5-10(8)13/h4-6,13H,2-3H2,1H3. The lowest BCUT2D eigenvalue weighted by atomic mass is 10.1. The summed E-state index contributed by atoms with van der Waals surface area (Å²) < 4.78 is 0. The number of aromatic hydroxyl groups is 1. The van der Waals surface area contributed by atoms with E-state index in [1.807, 2.05) is 0 Å². The predicted octanol–water partition coefficient (Wildman–Crippen LogP) is 1.82. The van der Waals surface area contributed by atoms with Crippen molar-refractivity contribution in [1.82, 2.24) is 0 Å². The van der Waals surface area contributed by atoms with Gasteiger partial charge in [0.05, 0.1) is 4.92 Å². The number of nitro benzene ring substituents is 1. The maximum Gasteiger partial charge on any atom is 0.269 e. The van der Waals surface area contributed by atoms with E-state index in [0.29, 0.717) is 12.0 Å². The Labute approximate surface area is 86.5 Å². The van der Waals surface area contributed by atoms with Crippen LogP contribution in [0.2, 0.25) is 0 Å². The molecule has 0 radical (unpaired) electrons. The van der Waals surface area contributed by atoms with Crippen LogP contribution in [-0.4, -0.2) is 15.8 Å². The highest BCUT2D eigenvalue weighted by Crippen LogP contribution is 2.23. The summed E-state index contributed by atoms with van der Waals surface area (Å²) >= 11 is 0. The van der Waals surface area contributed by atoms with Gasteiger partial charge in [-0.3, -0.25) is 10.1 Å². The number of phenolic OH excluding ortho intramolecular Hbond substituents is 1. The Morgan fingerprint density at radius 1 is 1.53 bits per heavy atom. The van der Waals surface area contributed by atoms with Crippen molar-refractivity contribution in [3.8, 4) is 5.75 Å². The molecule has 0 bridgehead atoms. The van der Waals surface area contributed by atoms with Crippen molar-refractivity contribution >= 4 is 11.5 Å². The second-order valence-corrected chi connectivity index (χ2v) is 3.27. The molecule has 0 aliphatic rings. The average Bonchev–Trinajstić information content (AvgIpc) is 2.16. The van der Waals surface area contributed by atoms with Crippen molar-refractivity contribution in [2.24, 2.45) is 0 Å². The first kappa shape index (κ1) is 11.2. The second-order valence-electron chi connectivity index (χ2n) is 3.27. The van der Waals surface area contributed by atoms with E-state index in [-0.39, 0.29) is 23.6 Å². The zero-order valence-corrected chi connectivity index (χ0v) is 8.27. The molecule has 0 saturated heterocycles. The molecule has 5 nitrogen and oxygen atoms in total. The number of non-ortho nitro benzene ring substituents is 1. The van der Waals surface area contributed by atoms with E-state index in [9.17, 15) is 20.0 Å². The van der Waals surface area contributed by atoms with Crippen LogP contribution < -0.4 is 0 Å². The molecule has 0 spiro atoms. The molecule has 0 aromatic heterocycles. The Morgan fingerprint density at radius 2 is 2.20 bits per heavy atom. The van der Waals surface area contributed by atoms with Gasteiger partial charge in [-0.2, -0.15) is 0 Å². The SMILES string of the molecule is CC(=O)CCc1cc([N+](=O)[O-])ccc1O. The third-order valence-electron chi connectivity index (χ3n) is 2.02. The molecule has 1 aromatic carbocycles. The molecule has 5 heteroatoms. The van der Waals surface area contributed by atoms with Crippen LogP contribution in [0, 0.1) is 10.1 Å². The van der Waals surface area contributed by atoms with E-state index in [1.54, 1.807) is 0 Å². The van der Waals surface area contributed by atoms with E-state index in [4.69, 9.17) is 0 Å². The summed E-state index contributed by atoms with van der Waals surface area (Å²) in [6.07, 6.45) is 0.595. The number of carbonyl (C=O) groups excluding carboxylic acids is 1. The molecular weight excluding hydrogens is 198 g/mol. The zero-order chi connectivity index (χ0) is 11.4. The molecule has 1 aromatic rings. The van der Waals surface area contributed by atoms with Crippen LogP contribution in [0.25, 0.3) is 0 Å². The number of ketones is 1. The first-order valence-electron chi connectivity index (χ1n) is 4.46. The summed E-state index contributed by atoms with van der Waals surface area (Å²) in [5.74, 6) is -0.0252. The predicted molar refractivity (Wildman–Crippen MR) is 53.8 cm³/mol. The molecule has 0 fully saturated rings. The molecule has 15 heavy (non-hydrogen) atoms. The summed E-state index contributed by atoms with van der Waals surface area (Å²) in [6.45, 7) is 1.44. The van der Waals surface area contributed by atoms with Crippen LogP contribution in [0.4, 0.5) is 5.69 Å². The molecule has 0 aliphatic heterocycles. The van der Waals surface area contributed by atoms with Gasteiger partial charge in [-0.05, 0) is 19.4 Å². The van der Waals surface area contributed by atoms with E-state index >= 15 is 0 Å². The Hall–Kier alpha value is -1.91. The molecule has 1 N–H and O–H groups in total. The lowest BCUT2D eigenvalue weighted by Crippen LogP contribution is -1.96. The first-order valence-corrected chi connectivity index (χ1v) is 4.46. The highest BCUT2D eigenvalue weighted by atomic mass is 16.6. The third kappa shape index (κ3) is 3.05. The van der Waals surface area contributed by atoms with Gasteiger partial charge in [-0.25, -0.2) is 0 Å². The van der Waals surface area contributed by atoms with Crippen LogP contribution in [-0.2, 0) is 11.2 Å². The fourth-order valence-corrected chi connectivity index (χ4v) is 1.20. The van der Waals surface area contributed by atoms with Crippen molar-refractivity contribution in [2.75, 3.05) is 0 Å². The van der Waals surface area contributed by atoms with Crippen molar-refractivity contribution in [1.29, 1.82) is 0 Å². The fourth-order valence-electron chi connectivity index (χ4n) is 1.20. The molecule has 1 rings (SSSR count). The van der Waals surface area contributed by atoms with Crippen molar-refractivity contribution in [3.05, 3.63) is 33.9 Å². The molecular formula is C10H11NO4. The van der Waals surface area contributed by atoms with Crippen LogP contribution in [0.1, 0.15) is 18.9 Å². The van der Waals surface area contributed by atoms with Gasteiger partial charge in [0.1, 0.15) is 11.5 Å². The third-order valence-corrected chi connectivity index (χ3v) is 2.02. The average molecular weight is 209 g/mol. The molecule has 0 aliphatic carbocycles. The molecule has 0 saturated carbocycles. The summed E-state index contributed by atoms with van der Waals surface area (Å²) in [5.41, 5.74) is 0.353. The lowest BCUT2D eigenvalue weighted by Gasteiger charge is -2.02. The minimum atomic E-state index is -0.531. The summed E-state index contributed by atoms with van der Waals surface area (Å²) in [6, 6.07) is 3.79. The number of rotatable bonds is 4. The van der Waals surface area contributed by atoms with Crippen molar-refractivity contribution in [3.63, 3.8) is 0 Å². The number of phenols is 1. The van der Waals surface area contributed by atoms with Crippen LogP contribution in [0.3, 0.4) is 0 Å². The highest BCUT2D eigenvalue weighted by Gasteiger charge is 2.10. The fraction of sp³-hybridized carbons (Fsp3) is 0.300. The van der Waals surface area contributed by atoms with E-state index in [2.05, 4.69) is 0 Å². The summed E-state index contributed by atoms with van der Waals surface area (Å²) in [4.78, 5) is 20.7. The second kappa shape index (κ2) is 4.54. The van der Waals surface area contributed by atoms with Gasteiger partial charge in [0, 0.05) is 24.1 Å². The number of aryl methyl sites for hydroxylation is 1. The van der Waals surface area contributed by atoms with Gasteiger partial charge in [0.15, 0.2) is 0 Å². The molecule has 0 heterocycles. The van der Waals surface area contributed by atoms with Crippen molar-refractivity contribution < 1.29 is 14.8 Å². The number of Topliss-reactive ketones (excluding diaryl/α,β-unsaturated/α-hetero) is 1. The summed E-state index contributed by atoms with van der Waals surface area (Å²) in [7, 11) is 0. The first-order chi connectivity index (χ1) is 7.00. The molecule has 80 valence electrons. The van der Waals surface area contributed by atoms with Crippen LogP contribution >= 0.6 is 0 Å². The minimum Gasteiger partial charge on any atom is -0.508 e. The van der Waals surface area contributed by atoms with Crippen molar-refractivity contribution in [2.45, 2.75) is 19.8 Å². The molecule has 0 atom stereocenters. The Kier molecular flexibility index (Phi) is 3.38. The van der Waals surface area contributed by atoms with Gasteiger partial charge < -0.3 is 9.90 Å². The number of carbonyl (C=O) groups is 1. The van der Waals surface area contributed by atoms with Gasteiger partial charge in [0.2, 0.25) is 0 Å². The minimum absolute atomic E-state index is 0.0122. The number of nitro groups is 1. The quantitative estimate of drug-likeness (QED) is 0.605. The Bertz CT molecular complexity index is 400. The van der Waals surface area contributed by atoms with Crippen LogP contribution in [0.5, 0.6) is 5.75 Å². The van der Waals surface area contributed by atoms with Gasteiger partial charge in [0.25, 0.3) is 5.69 Å². The van der Waals surface area contributed by atoms with E-state index in [1.165, 1.54) is 25.1 Å². The zero-order valence-electron chi connectivity index (χ0n) is 8.27. The molecule has 0 unspecified atom stereocenters. The number of benzene rings is 1. The monoisotopic (exact) mass is 209 g/mol. The van der Waals surface area contributed by atoms with E-state index < -0.39 is 4.92 Å². The topological polar surface area (TPSA) is 80.4 Å². The van der Waals surface area contributed by atoms with E-state index in [0.717, 1.165) is 0 Å². The lowest BCUT2D eigenvalue weighted by molar-refractivity contribution is -0.384. The smallest absolute Gasteiger partial charge is 0.269 e.